The van der Waals surface area contributed by atoms with Crippen LogP contribution >= 0.6 is 24.4 Å². The molecule has 1 fully saturated rings. The Bertz CT molecular complexity index is 2020. The van der Waals surface area contributed by atoms with Crippen molar-refractivity contribution in [2.75, 3.05) is 4.90 Å². The monoisotopic (exact) mass is 680 g/mol. The van der Waals surface area contributed by atoms with Gasteiger partial charge >= 0.3 is 59.1 Å². The predicted molar refractivity (Wildman–Crippen MR) is 147 cm³/mol. The molecule has 0 radical (unpaired) electrons. The molecule has 0 saturated carbocycles. The van der Waals surface area contributed by atoms with Gasteiger partial charge in [0, 0.05) is 0 Å². The Morgan fingerprint density at radius 2 is 1.30 bits per heavy atom. The Labute approximate surface area is 298 Å². The van der Waals surface area contributed by atoms with E-state index < -0.39 is 58.9 Å². The average Bonchev–Trinajstić information content (AvgIpc) is 2.87. The molecule has 20 heteroatoms. The third-order valence-corrected chi connectivity index (χ3v) is 7.78. The Balaban J connectivity index is 0.00000323. The van der Waals surface area contributed by atoms with Crippen molar-refractivity contribution in [1.29, 1.82) is 0 Å². The number of amides is 2. The van der Waals surface area contributed by atoms with Crippen LogP contribution < -0.4 is 74.9 Å². The SMILES string of the molecule is O=C1NC(=S)N(c2ccc(S(=O)(=O)[O-])cc2)C(=O)/C1=C/C=C/c1c(O)n(-c2ccc(S(=O)(=O)[O-])cc2)c(=S)[nH]c1=O.[Na+].[Na+]. The average molecular weight is 681 g/mol. The van der Waals surface area contributed by atoms with Gasteiger partial charge in [-0.05, 0) is 85.1 Å². The summed E-state index contributed by atoms with van der Waals surface area (Å²) in [6.07, 6.45) is 3.20. The van der Waals surface area contributed by atoms with Crippen LogP contribution in [0, 0.1) is 4.77 Å². The number of nitrogens with one attached hydrogen (secondary N) is 2. The number of aromatic hydroxyl groups is 1. The third kappa shape index (κ3) is 8.04. The van der Waals surface area contributed by atoms with Crippen LogP contribution in [0.2, 0.25) is 0 Å². The minimum absolute atomic E-state index is 0. The second kappa shape index (κ2) is 14.2. The van der Waals surface area contributed by atoms with Crippen molar-refractivity contribution >= 4 is 73.4 Å². The van der Waals surface area contributed by atoms with Crippen LogP contribution in [0.25, 0.3) is 11.8 Å². The molecule has 1 aliphatic heterocycles. The summed E-state index contributed by atoms with van der Waals surface area (Å²) >= 11 is 10.1. The van der Waals surface area contributed by atoms with Gasteiger partial charge in [0.25, 0.3) is 17.4 Å². The number of carbonyl (C=O) groups excluding carboxylic acids is 2. The molecule has 43 heavy (non-hydrogen) atoms. The molecule has 0 spiro atoms. The number of aromatic nitrogens is 2. The minimum Gasteiger partial charge on any atom is -0.744 e. The van der Waals surface area contributed by atoms with E-state index in [0.29, 0.717) is 0 Å². The second-order valence-electron chi connectivity index (χ2n) is 8.07. The van der Waals surface area contributed by atoms with Crippen LogP contribution in [0.15, 0.2) is 80.8 Å². The van der Waals surface area contributed by atoms with Gasteiger partial charge < -0.3 is 14.2 Å². The molecule has 3 aromatic rings. The van der Waals surface area contributed by atoms with Crippen molar-refractivity contribution in [2.24, 2.45) is 0 Å². The Hall–Kier alpha value is -2.33. The number of H-pyrrole nitrogens is 1. The first-order chi connectivity index (χ1) is 19.1. The molecule has 0 aliphatic carbocycles. The summed E-state index contributed by atoms with van der Waals surface area (Å²) in [5.74, 6) is -2.48. The number of anilines is 1. The molecule has 2 aromatic carbocycles. The number of thiocarbonyl (C=S) groups is 1. The van der Waals surface area contributed by atoms with Crippen LogP contribution in [-0.2, 0) is 29.8 Å². The van der Waals surface area contributed by atoms with E-state index >= 15 is 0 Å². The summed E-state index contributed by atoms with van der Waals surface area (Å²) in [5, 5.41) is 12.7. The summed E-state index contributed by atoms with van der Waals surface area (Å²) in [4.78, 5) is 40.2. The molecule has 0 unspecified atom stereocenters. The summed E-state index contributed by atoms with van der Waals surface area (Å²) < 4.78 is 67.8. The van der Waals surface area contributed by atoms with Gasteiger partial charge in [-0.1, -0.05) is 6.08 Å². The number of carbonyl (C=O) groups is 2. The van der Waals surface area contributed by atoms with Crippen LogP contribution in [0.1, 0.15) is 5.56 Å². The number of nitrogens with zero attached hydrogens (tertiary/aromatic N) is 2. The number of hydrogen-bond donors (Lipinski definition) is 3. The Morgan fingerprint density at radius 1 is 0.814 bits per heavy atom. The summed E-state index contributed by atoms with van der Waals surface area (Å²) in [6.45, 7) is 0. The standard InChI is InChI=1S/C23H16N4O10S4.2Na/c28-18-16(20(30)26(22(38)24-18)12-4-8-14(9-5-12)40(32,33)34)2-1-3-17-19(29)25-23(39)27(21(17)31)13-6-10-15(11-7-13)41(35,36)37;;/h1-11,30H,(H,24,28,38)(H,25,29,39)(H,32,33,34)(H,35,36,37);;/q;2*+1/p-2/b2-1+,17-3+;;. The van der Waals surface area contributed by atoms with Crippen molar-refractivity contribution in [3.05, 3.63) is 86.9 Å². The molecule has 1 aromatic heterocycles. The molecule has 0 bridgehead atoms. The number of benzene rings is 2. The number of aromatic amines is 1. The molecular weight excluding hydrogens is 667 g/mol. The minimum atomic E-state index is -4.74. The molecule has 1 aliphatic rings. The van der Waals surface area contributed by atoms with E-state index in [1.807, 2.05) is 0 Å². The molecule has 14 nitrogen and oxygen atoms in total. The van der Waals surface area contributed by atoms with E-state index in [1.165, 1.54) is 12.1 Å². The van der Waals surface area contributed by atoms with Gasteiger partial charge in [0.1, 0.15) is 31.4 Å². The van der Waals surface area contributed by atoms with Gasteiger partial charge in [-0.2, -0.15) is 0 Å². The molecule has 3 N–H and O–H groups in total. The first-order valence-electron chi connectivity index (χ1n) is 10.9. The van der Waals surface area contributed by atoms with Crippen LogP contribution in [0.3, 0.4) is 0 Å². The molecule has 1 saturated heterocycles. The van der Waals surface area contributed by atoms with Crippen LogP contribution in [0.5, 0.6) is 5.88 Å². The first-order valence-corrected chi connectivity index (χ1v) is 14.5. The summed E-state index contributed by atoms with van der Waals surface area (Å²) in [5.41, 5.74) is -1.50. The number of hydrogen-bond acceptors (Lipinski definition) is 12. The zero-order valence-electron chi connectivity index (χ0n) is 22.0. The molecule has 4 rings (SSSR count). The predicted octanol–water partition coefficient (Wildman–Crippen LogP) is -5.20. The van der Waals surface area contributed by atoms with E-state index in [2.05, 4.69) is 10.3 Å². The molecule has 2 heterocycles. The van der Waals surface area contributed by atoms with Gasteiger partial charge in [-0.15, -0.1) is 0 Å². The van der Waals surface area contributed by atoms with Gasteiger partial charge in [-0.25, -0.2) is 16.8 Å². The van der Waals surface area contributed by atoms with Crippen LogP contribution in [-0.4, -0.2) is 57.5 Å². The molecular formula is C23H14N4Na2O10S4. The van der Waals surface area contributed by atoms with E-state index in [9.17, 15) is 45.4 Å². The second-order valence-corrected chi connectivity index (χ2v) is 11.6. The Kier molecular flexibility index (Phi) is 12.2. The zero-order chi connectivity index (χ0) is 30.3. The van der Waals surface area contributed by atoms with Crippen molar-refractivity contribution in [3.8, 4) is 11.6 Å². The van der Waals surface area contributed by atoms with Gasteiger partial charge in [0.15, 0.2) is 9.88 Å². The van der Waals surface area contributed by atoms with Crippen molar-refractivity contribution in [3.63, 3.8) is 0 Å². The van der Waals surface area contributed by atoms with Gasteiger partial charge in [0.05, 0.1) is 21.2 Å². The van der Waals surface area contributed by atoms with Gasteiger partial charge in [-0.3, -0.25) is 34.2 Å². The molecule has 0 atom stereocenters. The summed E-state index contributed by atoms with van der Waals surface area (Å²) in [7, 11) is -9.48. The maximum Gasteiger partial charge on any atom is 1.00 e. The smallest absolute Gasteiger partial charge is 0.744 e. The quantitative estimate of drug-likeness (QED) is 0.0731. The van der Waals surface area contributed by atoms with Crippen molar-refractivity contribution < 1.29 is 99.8 Å². The van der Waals surface area contributed by atoms with Crippen molar-refractivity contribution in [1.82, 2.24) is 14.9 Å². The summed E-state index contributed by atoms with van der Waals surface area (Å²) in [6, 6.07) is 8.55. The maximum absolute atomic E-state index is 13.1. The largest absolute Gasteiger partial charge is 1.00 e. The number of rotatable bonds is 6. The van der Waals surface area contributed by atoms with E-state index in [0.717, 1.165) is 64.1 Å². The third-order valence-electron chi connectivity index (χ3n) is 5.52. The fourth-order valence-corrected chi connectivity index (χ4v) is 5.11. The number of allylic oxidation sites excluding steroid dienone is 2. The normalized spacial score (nSPS) is 14.8. The van der Waals surface area contributed by atoms with E-state index in [-0.39, 0.29) is 85.9 Å². The fourth-order valence-electron chi connectivity index (χ4n) is 3.60. The maximum atomic E-state index is 13.1. The molecule has 212 valence electrons. The van der Waals surface area contributed by atoms with E-state index in [4.69, 9.17) is 24.4 Å². The van der Waals surface area contributed by atoms with Crippen molar-refractivity contribution in [2.45, 2.75) is 9.79 Å². The van der Waals surface area contributed by atoms with E-state index in [1.54, 1.807) is 0 Å². The molecule has 2 amide bonds. The Morgan fingerprint density at radius 3 is 1.79 bits per heavy atom. The topological polar surface area (TPSA) is 222 Å². The fraction of sp³-hybridized carbons (Fsp3) is 0. The van der Waals surface area contributed by atoms with Gasteiger partial charge in [0.2, 0.25) is 5.88 Å². The van der Waals surface area contributed by atoms with Crippen LogP contribution in [0.4, 0.5) is 5.69 Å². The first kappa shape index (κ1) is 36.9. The zero-order valence-corrected chi connectivity index (χ0v) is 29.3.